The molecule has 0 amide bonds. The predicted molar refractivity (Wildman–Crippen MR) is 140 cm³/mol. The Morgan fingerprint density at radius 1 is 0.548 bits per heavy atom. The van der Waals surface area contributed by atoms with E-state index in [-0.39, 0.29) is 0 Å². The van der Waals surface area contributed by atoms with Crippen molar-refractivity contribution in [2.24, 2.45) is 0 Å². The average molecular weight is 435 g/mol. The molecule has 1 aliphatic heterocycles. The molecule has 0 bridgehead atoms. The molecule has 0 spiro atoms. The molecule has 0 saturated heterocycles. The first-order valence-corrected chi connectivity index (χ1v) is 14.4. The highest BCUT2D eigenvalue weighted by atomic mass is 15.4. The first kappa shape index (κ1) is 28.4. The summed E-state index contributed by atoms with van der Waals surface area (Å²) in [7, 11) is 0. The molecule has 184 valence electrons. The van der Waals surface area contributed by atoms with Crippen molar-refractivity contribution >= 4 is 0 Å². The third-order valence-electron chi connectivity index (χ3n) is 7.09. The van der Waals surface area contributed by atoms with E-state index in [0.717, 1.165) is 0 Å². The molecule has 0 saturated carbocycles. The Morgan fingerprint density at radius 2 is 0.968 bits per heavy atom. The molecule has 1 unspecified atom stereocenters. The van der Waals surface area contributed by atoms with Gasteiger partial charge in [-0.1, -0.05) is 123 Å². The van der Waals surface area contributed by atoms with Gasteiger partial charge < -0.3 is 9.80 Å². The minimum atomic E-state index is 0.609. The summed E-state index contributed by atoms with van der Waals surface area (Å²) >= 11 is 0. The Balaban J connectivity index is 2.09. The Bertz CT molecular complexity index is 404. The fraction of sp³-hybridized carbons (Fsp3) is 0.931. The zero-order valence-corrected chi connectivity index (χ0v) is 22.1. The topological polar surface area (TPSA) is 6.48 Å². The van der Waals surface area contributed by atoms with Crippen molar-refractivity contribution in [2.75, 3.05) is 6.54 Å². The van der Waals surface area contributed by atoms with Gasteiger partial charge in [-0.2, -0.15) is 0 Å². The van der Waals surface area contributed by atoms with Gasteiger partial charge in [-0.25, -0.2) is 0 Å². The molecular weight excluding hydrogens is 376 g/mol. The highest BCUT2D eigenvalue weighted by Crippen LogP contribution is 2.25. The maximum atomic E-state index is 2.64. The quantitative estimate of drug-likeness (QED) is 0.156. The Kier molecular flexibility index (Phi) is 18.3. The summed E-state index contributed by atoms with van der Waals surface area (Å²) in [6.45, 7) is 10.5. The van der Waals surface area contributed by atoms with Gasteiger partial charge in [-0.05, 0) is 33.1 Å². The molecule has 2 nitrogen and oxygen atoms in total. The molecule has 1 rings (SSSR count). The maximum Gasteiger partial charge on any atom is 0.101 e. The lowest BCUT2D eigenvalue weighted by Gasteiger charge is -2.35. The number of nitrogens with zero attached hydrogens (tertiary/aromatic N) is 2. The molecular formula is C29H58N2. The van der Waals surface area contributed by atoms with E-state index in [1.165, 1.54) is 135 Å². The van der Waals surface area contributed by atoms with Gasteiger partial charge in [0.05, 0.1) is 0 Å². The van der Waals surface area contributed by atoms with Crippen LogP contribution in [-0.2, 0) is 0 Å². The van der Waals surface area contributed by atoms with Crippen molar-refractivity contribution in [3.8, 4) is 0 Å². The molecule has 0 fully saturated rings. The van der Waals surface area contributed by atoms with E-state index >= 15 is 0 Å². The van der Waals surface area contributed by atoms with Crippen molar-refractivity contribution in [1.82, 2.24) is 9.80 Å². The van der Waals surface area contributed by atoms with Crippen molar-refractivity contribution in [3.05, 3.63) is 12.4 Å². The fourth-order valence-electron chi connectivity index (χ4n) is 5.01. The first-order chi connectivity index (χ1) is 15.2. The first-order valence-electron chi connectivity index (χ1n) is 14.4. The van der Waals surface area contributed by atoms with Gasteiger partial charge in [0.1, 0.15) is 6.17 Å². The minimum Gasteiger partial charge on any atom is -0.356 e. The third kappa shape index (κ3) is 14.2. The second-order valence-corrected chi connectivity index (χ2v) is 10.4. The van der Waals surface area contributed by atoms with E-state index in [1.54, 1.807) is 0 Å². The van der Waals surface area contributed by atoms with Gasteiger partial charge >= 0.3 is 0 Å². The minimum absolute atomic E-state index is 0.609. The van der Waals surface area contributed by atoms with Crippen LogP contribution in [0.1, 0.15) is 156 Å². The van der Waals surface area contributed by atoms with Crippen LogP contribution in [0, 0.1) is 0 Å². The van der Waals surface area contributed by atoms with Gasteiger partial charge in [0.25, 0.3) is 0 Å². The van der Waals surface area contributed by atoms with Gasteiger partial charge in [-0.3, -0.25) is 0 Å². The normalized spacial score (nSPS) is 16.2. The zero-order valence-electron chi connectivity index (χ0n) is 22.1. The predicted octanol–water partition coefficient (Wildman–Crippen LogP) is 9.65. The molecule has 1 heterocycles. The molecule has 1 atom stereocenters. The lowest BCUT2D eigenvalue weighted by molar-refractivity contribution is 0.114. The summed E-state index contributed by atoms with van der Waals surface area (Å²) in [6.07, 6.45) is 33.8. The van der Waals surface area contributed by atoms with E-state index in [9.17, 15) is 0 Å². The van der Waals surface area contributed by atoms with Crippen LogP contribution in [0.5, 0.6) is 0 Å². The Hall–Kier alpha value is -0.660. The zero-order chi connectivity index (χ0) is 22.6. The largest absolute Gasteiger partial charge is 0.356 e. The van der Waals surface area contributed by atoms with E-state index in [0.29, 0.717) is 12.2 Å². The molecule has 0 aromatic carbocycles. The molecule has 0 aliphatic carbocycles. The average Bonchev–Trinajstić information content (AvgIpc) is 3.17. The summed E-state index contributed by atoms with van der Waals surface area (Å²) in [5.74, 6) is 0. The molecule has 2 heteroatoms. The van der Waals surface area contributed by atoms with Gasteiger partial charge in [0, 0.05) is 25.0 Å². The number of unbranched alkanes of at least 4 members (excludes halogenated alkanes) is 17. The van der Waals surface area contributed by atoms with E-state index < -0.39 is 0 Å². The molecule has 0 radical (unpaired) electrons. The van der Waals surface area contributed by atoms with Crippen molar-refractivity contribution < 1.29 is 0 Å². The van der Waals surface area contributed by atoms with E-state index in [2.05, 4.69) is 49.9 Å². The highest BCUT2D eigenvalue weighted by Gasteiger charge is 2.26. The van der Waals surface area contributed by atoms with Crippen molar-refractivity contribution in [3.63, 3.8) is 0 Å². The van der Waals surface area contributed by atoms with Crippen LogP contribution in [0.25, 0.3) is 0 Å². The van der Waals surface area contributed by atoms with Gasteiger partial charge in [-0.15, -0.1) is 0 Å². The van der Waals surface area contributed by atoms with Crippen LogP contribution in [0.15, 0.2) is 12.4 Å². The van der Waals surface area contributed by atoms with E-state index in [1.807, 2.05) is 0 Å². The van der Waals surface area contributed by atoms with Crippen molar-refractivity contribution in [2.45, 2.75) is 168 Å². The van der Waals surface area contributed by atoms with E-state index in [4.69, 9.17) is 0 Å². The monoisotopic (exact) mass is 434 g/mol. The molecule has 1 aliphatic rings. The second kappa shape index (κ2) is 20.0. The smallest absolute Gasteiger partial charge is 0.101 e. The number of hydrogen-bond acceptors (Lipinski definition) is 2. The third-order valence-corrected chi connectivity index (χ3v) is 7.09. The standard InChI is InChI=1S/C29H58N2/c1-5-7-9-11-13-14-15-16-17-18-20-22-24-29-30(26-27-31(29)28(3)4)25-23-21-19-12-10-8-6-2/h26-29H,5-25H2,1-4H3. The summed E-state index contributed by atoms with van der Waals surface area (Å²) in [4.78, 5) is 5.24. The summed E-state index contributed by atoms with van der Waals surface area (Å²) in [6, 6.07) is 0.609. The molecule has 31 heavy (non-hydrogen) atoms. The van der Waals surface area contributed by atoms with Crippen LogP contribution < -0.4 is 0 Å². The number of hydrogen-bond donors (Lipinski definition) is 0. The maximum absolute atomic E-state index is 2.64. The second-order valence-electron chi connectivity index (χ2n) is 10.4. The molecule has 0 aromatic heterocycles. The summed E-state index contributed by atoms with van der Waals surface area (Å²) in [5, 5.41) is 0. The summed E-state index contributed by atoms with van der Waals surface area (Å²) in [5.41, 5.74) is 0. The molecule has 0 N–H and O–H groups in total. The van der Waals surface area contributed by atoms with Crippen LogP contribution in [0.2, 0.25) is 0 Å². The summed E-state index contributed by atoms with van der Waals surface area (Å²) < 4.78 is 0. The molecule has 0 aromatic rings. The Labute approximate surface area is 197 Å². The Morgan fingerprint density at radius 3 is 1.42 bits per heavy atom. The fourth-order valence-corrected chi connectivity index (χ4v) is 5.01. The van der Waals surface area contributed by atoms with Crippen LogP contribution in [0.3, 0.4) is 0 Å². The SMILES string of the molecule is CCCCCCCCCCCCCCC1N(CCCCCCCCC)C=CN1C(C)C. The lowest BCUT2D eigenvalue weighted by atomic mass is 10.0. The highest BCUT2D eigenvalue weighted by molar-refractivity contribution is 4.98. The van der Waals surface area contributed by atoms with Gasteiger partial charge in [0.2, 0.25) is 0 Å². The number of rotatable bonds is 22. The van der Waals surface area contributed by atoms with Crippen LogP contribution in [0.4, 0.5) is 0 Å². The van der Waals surface area contributed by atoms with Crippen molar-refractivity contribution in [1.29, 1.82) is 0 Å². The van der Waals surface area contributed by atoms with Gasteiger partial charge in [0.15, 0.2) is 0 Å². The van der Waals surface area contributed by atoms with Crippen LogP contribution >= 0.6 is 0 Å². The van der Waals surface area contributed by atoms with Crippen LogP contribution in [-0.4, -0.2) is 28.6 Å². The lowest BCUT2D eigenvalue weighted by Crippen LogP contribution is -2.42.